The Kier molecular flexibility index (Phi) is 10.4. The average Bonchev–Trinajstić information content (AvgIpc) is 3.14. The van der Waals surface area contributed by atoms with Gasteiger partial charge in [-0.2, -0.15) is 0 Å². The maximum absolute atomic E-state index is 14.4. The maximum atomic E-state index is 14.4. The van der Waals surface area contributed by atoms with Crippen molar-refractivity contribution in [2.24, 2.45) is 0 Å². The lowest BCUT2D eigenvalue weighted by molar-refractivity contribution is -0.384. The number of amides is 3. The van der Waals surface area contributed by atoms with Gasteiger partial charge in [0.1, 0.15) is 11.8 Å². The molecule has 0 fully saturated rings. The lowest BCUT2D eigenvalue weighted by Crippen LogP contribution is -2.55. The molecule has 4 aromatic carbocycles. The highest BCUT2D eigenvalue weighted by Gasteiger charge is 2.38. The van der Waals surface area contributed by atoms with Crippen LogP contribution in [0.3, 0.4) is 0 Å². The first-order valence-electron chi connectivity index (χ1n) is 13.8. The highest BCUT2D eigenvalue weighted by Crippen LogP contribution is 2.38. The van der Waals surface area contributed by atoms with E-state index in [2.05, 4.69) is 26.6 Å². The van der Waals surface area contributed by atoms with Gasteiger partial charge in [0, 0.05) is 27.7 Å². The van der Waals surface area contributed by atoms with Crippen LogP contribution in [0.25, 0.3) is 10.8 Å². The number of hydrogen-bond acceptors (Lipinski definition) is 7. The number of nitro benzene ring substituents is 1. The predicted octanol–water partition coefficient (Wildman–Crippen LogP) is 5.23. The minimum absolute atomic E-state index is 0. The van der Waals surface area contributed by atoms with Gasteiger partial charge >= 0.3 is 0 Å². The Bertz CT molecular complexity index is 1770. The van der Waals surface area contributed by atoms with E-state index in [4.69, 9.17) is 4.74 Å². The summed E-state index contributed by atoms with van der Waals surface area (Å²) >= 11 is 3.52. The summed E-state index contributed by atoms with van der Waals surface area (Å²) in [5, 5.41) is 18.7. The topological polar surface area (TPSA) is 134 Å². The molecule has 2 atom stereocenters. The number of rotatable bonds is 8. The summed E-state index contributed by atoms with van der Waals surface area (Å²) in [5.41, 5.74) is 1.71. The smallest absolute Gasteiger partial charge is 0.269 e. The molecule has 0 aliphatic carbocycles. The summed E-state index contributed by atoms with van der Waals surface area (Å²) in [4.78, 5) is 55.1. The van der Waals surface area contributed by atoms with Gasteiger partial charge in [-0.05, 0) is 67.2 Å². The molecule has 1 aliphatic heterocycles. The van der Waals surface area contributed by atoms with Gasteiger partial charge in [0.05, 0.1) is 42.5 Å². The molecule has 5 rings (SSSR count). The van der Waals surface area contributed by atoms with Crippen LogP contribution < -0.4 is 25.2 Å². The summed E-state index contributed by atoms with van der Waals surface area (Å²) in [6.45, 7) is 1.59. The SMILES string of the molecule is CN[C@@H](C)C(=O)N[C@H]1CN(C(=O)c2ccc([N+](=O)[O-])cc2)c2ccccc2N(Cc2c(OC)ccc3cc(Br)ccc23)C1=O.Cl. The second-order valence-electron chi connectivity index (χ2n) is 10.3. The van der Waals surface area contributed by atoms with Gasteiger partial charge in [-0.25, -0.2) is 0 Å². The first-order chi connectivity index (χ1) is 21.1. The number of nitrogens with one attached hydrogen (secondary N) is 2. The first-order valence-corrected chi connectivity index (χ1v) is 14.6. The number of carbonyl (C=O) groups is 3. The third kappa shape index (κ3) is 6.77. The average molecular weight is 697 g/mol. The number of ether oxygens (including phenoxy) is 1. The number of carbonyl (C=O) groups excluding carboxylic acids is 3. The van der Waals surface area contributed by atoms with Gasteiger partial charge in [0.2, 0.25) is 5.91 Å². The Morgan fingerprint density at radius 1 is 1.07 bits per heavy atom. The number of benzene rings is 4. The van der Waals surface area contributed by atoms with Crippen LogP contribution in [-0.4, -0.2) is 55.4 Å². The van der Waals surface area contributed by atoms with Crippen molar-refractivity contribution in [1.82, 2.24) is 10.6 Å². The highest BCUT2D eigenvalue weighted by molar-refractivity contribution is 9.10. The molecule has 11 nitrogen and oxygen atoms in total. The molecular formula is C32H31BrClN5O6. The van der Waals surface area contributed by atoms with Crippen LogP contribution in [0, 0.1) is 10.1 Å². The molecule has 0 unspecified atom stereocenters. The van der Waals surface area contributed by atoms with E-state index < -0.39 is 34.7 Å². The number of halogens is 2. The number of anilines is 2. The Hall–Kier alpha value is -4.52. The fourth-order valence-electron chi connectivity index (χ4n) is 5.22. The van der Waals surface area contributed by atoms with Crippen molar-refractivity contribution in [3.63, 3.8) is 0 Å². The van der Waals surface area contributed by atoms with Gasteiger partial charge in [-0.15, -0.1) is 12.4 Å². The lowest BCUT2D eigenvalue weighted by Gasteiger charge is -2.27. The monoisotopic (exact) mass is 695 g/mol. The van der Waals surface area contributed by atoms with E-state index in [1.807, 2.05) is 30.3 Å². The fourth-order valence-corrected chi connectivity index (χ4v) is 5.59. The summed E-state index contributed by atoms with van der Waals surface area (Å²) in [7, 11) is 3.20. The molecule has 1 aliphatic rings. The molecule has 2 N–H and O–H groups in total. The van der Waals surface area contributed by atoms with Gasteiger partial charge in [-0.1, -0.05) is 40.2 Å². The van der Waals surface area contributed by atoms with Gasteiger partial charge in [0.25, 0.3) is 17.5 Å². The summed E-state index contributed by atoms with van der Waals surface area (Å²) in [5.74, 6) is -0.718. The maximum Gasteiger partial charge on any atom is 0.269 e. The molecule has 0 aromatic heterocycles. The number of nitro groups is 1. The molecule has 0 bridgehead atoms. The van der Waals surface area contributed by atoms with Gasteiger partial charge in [0.15, 0.2) is 0 Å². The first kappa shape index (κ1) is 33.4. The third-order valence-electron chi connectivity index (χ3n) is 7.69. The number of non-ortho nitro benzene ring substituents is 1. The zero-order valence-electron chi connectivity index (χ0n) is 24.7. The van der Waals surface area contributed by atoms with Gasteiger partial charge in [-0.3, -0.25) is 24.5 Å². The standard InChI is InChI=1S/C32H30BrN5O6.ClH/c1-19(34-2)30(39)35-26-18-37(31(40)20-8-12-23(13-9-20)38(42)43)28-7-5-4-6-27(28)36(32(26)41)17-25-24-14-11-22(33)16-21(24)10-15-29(25)44-3;/h4-16,19,26,34H,17-18H2,1-3H3,(H,35,39);1H/t19-,26-;/m0./s1. The van der Waals surface area contributed by atoms with Crippen molar-refractivity contribution in [2.45, 2.75) is 25.6 Å². The summed E-state index contributed by atoms with van der Waals surface area (Å²) in [6, 6.07) is 20.2. The van der Waals surface area contributed by atoms with Crippen LogP contribution in [0.15, 0.2) is 83.3 Å². The van der Waals surface area contributed by atoms with E-state index in [0.29, 0.717) is 17.1 Å². The second-order valence-corrected chi connectivity index (χ2v) is 11.2. The Labute approximate surface area is 274 Å². The van der Waals surface area contributed by atoms with E-state index in [0.717, 1.165) is 20.8 Å². The molecule has 45 heavy (non-hydrogen) atoms. The van der Waals surface area contributed by atoms with Crippen LogP contribution in [0.1, 0.15) is 22.8 Å². The van der Waals surface area contributed by atoms with E-state index >= 15 is 0 Å². The molecule has 0 saturated heterocycles. The Morgan fingerprint density at radius 3 is 2.40 bits per heavy atom. The Balaban J connectivity index is 0.00000461. The molecule has 1 heterocycles. The van der Waals surface area contributed by atoms with Crippen LogP contribution in [0.2, 0.25) is 0 Å². The normalized spacial score (nSPS) is 15.0. The van der Waals surface area contributed by atoms with Crippen molar-refractivity contribution in [2.75, 3.05) is 30.5 Å². The second kappa shape index (κ2) is 14.1. The zero-order chi connectivity index (χ0) is 31.5. The quantitative estimate of drug-likeness (QED) is 0.191. The number of nitrogens with zero attached hydrogens (tertiary/aromatic N) is 3. The third-order valence-corrected chi connectivity index (χ3v) is 8.19. The molecule has 0 radical (unpaired) electrons. The van der Waals surface area contributed by atoms with Crippen molar-refractivity contribution in [1.29, 1.82) is 0 Å². The van der Waals surface area contributed by atoms with Crippen molar-refractivity contribution in [3.8, 4) is 5.75 Å². The molecule has 13 heteroatoms. The van der Waals surface area contributed by atoms with Crippen molar-refractivity contribution >= 4 is 73.9 Å². The number of para-hydroxylation sites is 2. The molecule has 234 valence electrons. The predicted molar refractivity (Wildman–Crippen MR) is 178 cm³/mol. The highest BCUT2D eigenvalue weighted by atomic mass is 79.9. The fraction of sp³-hybridized carbons (Fsp3) is 0.219. The zero-order valence-corrected chi connectivity index (χ0v) is 27.1. The number of likely N-dealkylation sites (N-methyl/N-ethyl adjacent to an activating group) is 1. The number of methoxy groups -OCH3 is 1. The molecule has 0 spiro atoms. The summed E-state index contributed by atoms with van der Waals surface area (Å²) in [6.07, 6.45) is 0. The number of fused-ring (bicyclic) bond motifs is 2. The van der Waals surface area contributed by atoms with Crippen molar-refractivity contribution in [3.05, 3.63) is 105 Å². The summed E-state index contributed by atoms with van der Waals surface area (Å²) < 4.78 is 6.62. The van der Waals surface area contributed by atoms with E-state index in [9.17, 15) is 24.5 Å². The van der Waals surface area contributed by atoms with E-state index in [-0.39, 0.29) is 36.7 Å². The van der Waals surface area contributed by atoms with Crippen LogP contribution in [0.5, 0.6) is 5.75 Å². The van der Waals surface area contributed by atoms with Crippen LogP contribution in [0.4, 0.5) is 17.1 Å². The van der Waals surface area contributed by atoms with E-state index in [1.165, 1.54) is 29.2 Å². The van der Waals surface area contributed by atoms with Crippen LogP contribution >= 0.6 is 28.3 Å². The molecular weight excluding hydrogens is 666 g/mol. The molecule has 3 amide bonds. The minimum atomic E-state index is -1.11. The molecule has 4 aromatic rings. The molecule has 0 saturated carbocycles. The Morgan fingerprint density at radius 2 is 1.76 bits per heavy atom. The van der Waals surface area contributed by atoms with Crippen LogP contribution in [-0.2, 0) is 16.1 Å². The van der Waals surface area contributed by atoms with E-state index in [1.54, 1.807) is 50.2 Å². The van der Waals surface area contributed by atoms with Gasteiger partial charge < -0.3 is 25.2 Å². The van der Waals surface area contributed by atoms with Crippen molar-refractivity contribution < 1.29 is 24.0 Å². The minimum Gasteiger partial charge on any atom is -0.496 e. The number of hydrogen-bond donors (Lipinski definition) is 2. The largest absolute Gasteiger partial charge is 0.496 e. The lowest BCUT2D eigenvalue weighted by atomic mass is 10.0.